The van der Waals surface area contributed by atoms with Crippen molar-refractivity contribution in [2.45, 2.75) is 45.9 Å². The van der Waals surface area contributed by atoms with E-state index in [2.05, 4.69) is 25.9 Å². The van der Waals surface area contributed by atoms with Gasteiger partial charge in [-0.05, 0) is 45.4 Å². The van der Waals surface area contributed by atoms with Gasteiger partial charge >= 0.3 is 6.09 Å². The van der Waals surface area contributed by atoms with Crippen molar-refractivity contribution in [1.29, 1.82) is 0 Å². The van der Waals surface area contributed by atoms with E-state index in [1.807, 2.05) is 76.2 Å². The van der Waals surface area contributed by atoms with Crippen LogP contribution >= 0.6 is 0 Å². The van der Waals surface area contributed by atoms with E-state index in [-0.39, 0.29) is 6.04 Å². The van der Waals surface area contributed by atoms with Crippen LogP contribution in [0.4, 0.5) is 4.79 Å². The minimum atomic E-state index is -0.558. The van der Waals surface area contributed by atoms with Crippen molar-refractivity contribution < 1.29 is 9.53 Å². The van der Waals surface area contributed by atoms with E-state index in [0.717, 1.165) is 17.8 Å². The predicted octanol–water partition coefficient (Wildman–Crippen LogP) is 3.40. The van der Waals surface area contributed by atoms with Crippen molar-refractivity contribution in [2.24, 2.45) is 4.99 Å². The topological polar surface area (TPSA) is 87.6 Å². The summed E-state index contributed by atoms with van der Waals surface area (Å²) in [6.45, 7) is 9.18. The maximum Gasteiger partial charge on any atom is 0.408 e. The number of carbonyl (C=O) groups is 1. The van der Waals surface area contributed by atoms with Gasteiger partial charge in [0, 0.05) is 19.3 Å². The normalized spacial score (nSPS) is 12.8. The van der Waals surface area contributed by atoms with Crippen molar-refractivity contribution >= 4 is 12.1 Å². The first-order valence-corrected chi connectivity index (χ1v) is 9.84. The summed E-state index contributed by atoms with van der Waals surface area (Å²) in [4.78, 5) is 21.2. The number of benzene rings is 1. The third-order valence-electron chi connectivity index (χ3n) is 3.84. The van der Waals surface area contributed by atoms with Crippen molar-refractivity contribution in [3.05, 3.63) is 66.0 Å². The lowest BCUT2D eigenvalue weighted by Crippen LogP contribution is -2.44. The minimum Gasteiger partial charge on any atom is -0.444 e. The SMILES string of the molecule is CCNC(=NCc1ccccn1)NCC(NC(=O)OC(C)(C)C)c1ccccc1. The number of pyridine rings is 1. The van der Waals surface area contributed by atoms with Crippen molar-refractivity contribution in [3.63, 3.8) is 0 Å². The van der Waals surface area contributed by atoms with E-state index in [1.54, 1.807) is 6.20 Å². The van der Waals surface area contributed by atoms with Gasteiger partial charge in [0.25, 0.3) is 0 Å². The number of carbonyl (C=O) groups excluding carboxylic acids is 1. The Kier molecular flexibility index (Phi) is 8.45. The molecule has 156 valence electrons. The number of nitrogens with one attached hydrogen (secondary N) is 3. The number of nitrogens with zero attached hydrogens (tertiary/aromatic N) is 2. The Hall–Kier alpha value is -3.09. The van der Waals surface area contributed by atoms with Crippen LogP contribution in [-0.2, 0) is 11.3 Å². The van der Waals surface area contributed by atoms with E-state index in [4.69, 9.17) is 4.74 Å². The molecule has 1 aromatic carbocycles. The minimum absolute atomic E-state index is 0.273. The molecule has 7 nitrogen and oxygen atoms in total. The lowest BCUT2D eigenvalue weighted by Gasteiger charge is -2.24. The number of amides is 1. The average molecular weight is 398 g/mol. The third-order valence-corrected chi connectivity index (χ3v) is 3.84. The standard InChI is InChI=1S/C22H31N5O2/c1-5-23-20(25-15-18-13-9-10-14-24-18)26-16-19(17-11-7-6-8-12-17)27-21(28)29-22(2,3)4/h6-14,19H,5,15-16H2,1-4H3,(H,27,28)(H2,23,25,26). The first-order valence-electron chi connectivity index (χ1n) is 9.84. The Balaban J connectivity index is 2.06. The zero-order valence-corrected chi connectivity index (χ0v) is 17.6. The van der Waals surface area contributed by atoms with Gasteiger partial charge in [-0.25, -0.2) is 9.79 Å². The molecule has 1 aromatic heterocycles. The monoisotopic (exact) mass is 397 g/mol. The van der Waals surface area contributed by atoms with Crippen LogP contribution in [0.5, 0.6) is 0 Å². The molecule has 1 unspecified atom stereocenters. The van der Waals surface area contributed by atoms with Gasteiger partial charge in [-0.3, -0.25) is 4.98 Å². The summed E-state index contributed by atoms with van der Waals surface area (Å²) in [5, 5.41) is 9.46. The fourth-order valence-electron chi connectivity index (χ4n) is 2.58. The third kappa shape index (κ3) is 8.64. The second kappa shape index (κ2) is 11.0. The zero-order chi connectivity index (χ0) is 21.1. The van der Waals surface area contributed by atoms with Gasteiger partial charge in [-0.15, -0.1) is 0 Å². The first kappa shape index (κ1) is 22.2. The second-order valence-corrected chi connectivity index (χ2v) is 7.51. The molecule has 0 fully saturated rings. The van der Waals surface area contributed by atoms with Crippen LogP contribution in [0.1, 0.15) is 45.0 Å². The van der Waals surface area contributed by atoms with Crippen molar-refractivity contribution in [3.8, 4) is 0 Å². The van der Waals surface area contributed by atoms with Crippen molar-refractivity contribution in [1.82, 2.24) is 20.9 Å². The highest BCUT2D eigenvalue weighted by atomic mass is 16.6. The van der Waals surface area contributed by atoms with Gasteiger partial charge in [0.15, 0.2) is 5.96 Å². The molecule has 0 spiro atoms. The Labute approximate surface area is 173 Å². The van der Waals surface area contributed by atoms with E-state index in [1.165, 1.54) is 0 Å². The number of ether oxygens (including phenoxy) is 1. The molecule has 3 N–H and O–H groups in total. The van der Waals surface area contributed by atoms with Crippen LogP contribution in [0.15, 0.2) is 59.7 Å². The molecular weight excluding hydrogens is 366 g/mol. The van der Waals surface area contributed by atoms with Gasteiger partial charge in [0.2, 0.25) is 0 Å². The molecule has 7 heteroatoms. The Morgan fingerprint density at radius 2 is 1.83 bits per heavy atom. The number of rotatable bonds is 7. The molecule has 2 rings (SSSR count). The summed E-state index contributed by atoms with van der Waals surface area (Å²) in [5.41, 5.74) is 1.31. The number of hydrogen-bond donors (Lipinski definition) is 3. The number of guanidine groups is 1. The van der Waals surface area contributed by atoms with Crippen LogP contribution in [0.2, 0.25) is 0 Å². The first-order chi connectivity index (χ1) is 13.9. The highest BCUT2D eigenvalue weighted by molar-refractivity contribution is 5.79. The van der Waals surface area contributed by atoms with E-state index >= 15 is 0 Å². The number of hydrogen-bond acceptors (Lipinski definition) is 4. The fourth-order valence-corrected chi connectivity index (χ4v) is 2.58. The number of alkyl carbamates (subject to hydrolysis) is 1. The number of aliphatic imine (C=N–C) groups is 1. The van der Waals surface area contributed by atoms with Gasteiger partial charge in [-0.1, -0.05) is 36.4 Å². The van der Waals surface area contributed by atoms with E-state index in [0.29, 0.717) is 19.0 Å². The van der Waals surface area contributed by atoms with E-state index < -0.39 is 11.7 Å². The molecule has 0 bridgehead atoms. The van der Waals surface area contributed by atoms with Gasteiger partial charge in [-0.2, -0.15) is 0 Å². The fraction of sp³-hybridized carbons (Fsp3) is 0.409. The summed E-state index contributed by atoms with van der Waals surface area (Å²) in [5.74, 6) is 0.657. The van der Waals surface area contributed by atoms with Crippen LogP contribution in [-0.4, -0.2) is 35.7 Å². The zero-order valence-electron chi connectivity index (χ0n) is 17.6. The molecule has 0 aliphatic rings. The van der Waals surface area contributed by atoms with Crippen LogP contribution in [0.3, 0.4) is 0 Å². The van der Waals surface area contributed by atoms with Crippen molar-refractivity contribution in [2.75, 3.05) is 13.1 Å². The molecule has 0 saturated heterocycles. The summed E-state index contributed by atoms with van der Waals surface area (Å²) >= 11 is 0. The van der Waals surface area contributed by atoms with Crippen LogP contribution in [0, 0.1) is 0 Å². The largest absolute Gasteiger partial charge is 0.444 e. The summed E-state index contributed by atoms with van der Waals surface area (Å²) in [6.07, 6.45) is 1.30. The molecule has 2 aromatic rings. The Bertz CT molecular complexity index is 773. The Morgan fingerprint density at radius 1 is 1.10 bits per heavy atom. The highest BCUT2D eigenvalue weighted by Crippen LogP contribution is 2.14. The maximum atomic E-state index is 12.3. The maximum absolute atomic E-state index is 12.3. The molecular formula is C22H31N5O2. The second-order valence-electron chi connectivity index (χ2n) is 7.51. The summed E-state index contributed by atoms with van der Waals surface area (Å²) in [6, 6.07) is 15.3. The molecule has 0 aliphatic carbocycles. The lowest BCUT2D eigenvalue weighted by molar-refractivity contribution is 0.0504. The number of aromatic nitrogens is 1. The molecule has 29 heavy (non-hydrogen) atoms. The molecule has 0 aliphatic heterocycles. The lowest BCUT2D eigenvalue weighted by atomic mass is 10.1. The molecule has 0 radical (unpaired) electrons. The van der Waals surface area contributed by atoms with E-state index in [9.17, 15) is 4.79 Å². The summed E-state index contributed by atoms with van der Waals surface area (Å²) in [7, 11) is 0. The molecule has 0 saturated carbocycles. The molecule has 1 amide bonds. The van der Waals surface area contributed by atoms with Crippen LogP contribution < -0.4 is 16.0 Å². The Morgan fingerprint density at radius 3 is 2.45 bits per heavy atom. The summed E-state index contributed by atoms with van der Waals surface area (Å²) < 4.78 is 5.42. The van der Waals surface area contributed by atoms with Gasteiger partial charge < -0.3 is 20.7 Å². The molecule has 1 heterocycles. The quantitative estimate of drug-likeness (QED) is 0.492. The smallest absolute Gasteiger partial charge is 0.408 e. The average Bonchev–Trinajstić information content (AvgIpc) is 2.69. The van der Waals surface area contributed by atoms with Gasteiger partial charge in [0.1, 0.15) is 5.60 Å². The van der Waals surface area contributed by atoms with Crippen LogP contribution in [0.25, 0.3) is 0 Å². The highest BCUT2D eigenvalue weighted by Gasteiger charge is 2.20. The molecule has 1 atom stereocenters. The van der Waals surface area contributed by atoms with Gasteiger partial charge in [0.05, 0.1) is 18.3 Å². The predicted molar refractivity (Wildman–Crippen MR) is 116 cm³/mol.